The SMILES string of the molecule is C=O.CC.CNc1ccc(F)c(C(=O)c2c[nH]c3c2=CCCN=3)c1F.Cc1cccc(O)c1. The second-order valence-electron chi connectivity index (χ2n) is 6.54. The highest BCUT2D eigenvalue weighted by molar-refractivity contribution is 6.10. The molecule has 0 unspecified atom stereocenters. The van der Waals surface area contributed by atoms with Gasteiger partial charge < -0.3 is 20.2 Å². The smallest absolute Gasteiger partial charge is 0.201 e. The predicted molar refractivity (Wildman–Crippen MR) is 126 cm³/mol. The zero-order valence-corrected chi connectivity index (χ0v) is 19.2. The van der Waals surface area contributed by atoms with Gasteiger partial charge in [0.2, 0.25) is 5.78 Å². The molecule has 3 aromatic rings. The summed E-state index contributed by atoms with van der Waals surface area (Å²) in [5.74, 6) is -2.11. The van der Waals surface area contributed by atoms with Gasteiger partial charge in [0.15, 0.2) is 5.82 Å². The molecule has 33 heavy (non-hydrogen) atoms. The third kappa shape index (κ3) is 6.83. The summed E-state index contributed by atoms with van der Waals surface area (Å²) in [4.78, 5) is 27.6. The molecule has 176 valence electrons. The molecular weight excluding hydrogens is 428 g/mol. The van der Waals surface area contributed by atoms with Crippen molar-refractivity contribution in [2.75, 3.05) is 18.9 Å². The van der Waals surface area contributed by atoms with Gasteiger partial charge in [-0.1, -0.05) is 32.1 Å². The maximum absolute atomic E-state index is 14.2. The van der Waals surface area contributed by atoms with E-state index in [2.05, 4.69) is 15.3 Å². The molecule has 0 fully saturated rings. The van der Waals surface area contributed by atoms with Crippen LogP contribution in [0.25, 0.3) is 6.08 Å². The number of carbonyl (C=O) groups excluding carboxylic acids is 2. The van der Waals surface area contributed by atoms with Gasteiger partial charge in [-0.3, -0.25) is 9.79 Å². The summed E-state index contributed by atoms with van der Waals surface area (Å²) < 4.78 is 28.1. The number of anilines is 1. The molecule has 0 aliphatic carbocycles. The monoisotopic (exact) mass is 457 g/mol. The number of ketones is 1. The molecule has 0 spiro atoms. The third-order valence-corrected chi connectivity index (χ3v) is 4.48. The Kier molecular flexibility index (Phi) is 11.2. The van der Waals surface area contributed by atoms with Gasteiger partial charge in [-0.15, -0.1) is 0 Å². The lowest BCUT2D eigenvalue weighted by Crippen LogP contribution is -2.30. The predicted octanol–water partition coefficient (Wildman–Crippen LogP) is 3.91. The van der Waals surface area contributed by atoms with Gasteiger partial charge in [0.05, 0.1) is 11.3 Å². The number of hydrogen-bond acceptors (Lipinski definition) is 5. The van der Waals surface area contributed by atoms with E-state index in [1.54, 1.807) is 12.1 Å². The van der Waals surface area contributed by atoms with Gasteiger partial charge in [0.1, 0.15) is 23.8 Å². The van der Waals surface area contributed by atoms with Crippen LogP contribution in [0, 0.1) is 18.6 Å². The van der Waals surface area contributed by atoms with Crippen LogP contribution < -0.4 is 16.0 Å². The van der Waals surface area contributed by atoms with Gasteiger partial charge in [-0.05, 0) is 43.2 Å². The molecule has 1 aromatic heterocycles. The van der Waals surface area contributed by atoms with Crippen molar-refractivity contribution in [2.45, 2.75) is 27.2 Å². The molecule has 8 heteroatoms. The van der Waals surface area contributed by atoms with E-state index in [1.807, 2.05) is 45.8 Å². The zero-order chi connectivity index (χ0) is 25.0. The van der Waals surface area contributed by atoms with Crippen molar-refractivity contribution in [3.63, 3.8) is 0 Å². The third-order valence-electron chi connectivity index (χ3n) is 4.48. The summed E-state index contributed by atoms with van der Waals surface area (Å²) in [7, 11) is 1.51. The Bertz CT molecular complexity index is 1170. The first-order valence-electron chi connectivity index (χ1n) is 10.4. The number of H-pyrrole nitrogens is 1. The second kappa shape index (κ2) is 13.6. The number of halogens is 2. The van der Waals surface area contributed by atoms with Crippen LogP contribution in [0.2, 0.25) is 0 Å². The van der Waals surface area contributed by atoms with Crippen LogP contribution >= 0.6 is 0 Å². The van der Waals surface area contributed by atoms with Gasteiger partial charge in [-0.2, -0.15) is 0 Å². The first-order chi connectivity index (χ1) is 15.9. The fourth-order valence-electron chi connectivity index (χ4n) is 3.05. The van der Waals surface area contributed by atoms with Crippen molar-refractivity contribution in [1.82, 2.24) is 4.98 Å². The Balaban J connectivity index is 0.000000380. The van der Waals surface area contributed by atoms with Crippen molar-refractivity contribution < 1.29 is 23.5 Å². The number of phenolic OH excluding ortho intramolecular Hbond substituents is 1. The van der Waals surface area contributed by atoms with Crippen LogP contribution in [0.15, 0.2) is 47.6 Å². The lowest BCUT2D eigenvalue weighted by Gasteiger charge is -2.08. The minimum absolute atomic E-state index is 0.0813. The Hall–Kier alpha value is -3.81. The van der Waals surface area contributed by atoms with E-state index in [1.165, 1.54) is 19.3 Å². The number of hydrogen-bond donors (Lipinski definition) is 3. The van der Waals surface area contributed by atoms with Gasteiger partial charge in [-0.25, -0.2) is 8.78 Å². The number of phenols is 1. The number of benzene rings is 2. The zero-order valence-electron chi connectivity index (χ0n) is 19.2. The summed E-state index contributed by atoms with van der Waals surface area (Å²) in [6.45, 7) is 8.58. The van der Waals surface area contributed by atoms with Crippen LogP contribution in [0.1, 0.15) is 41.8 Å². The number of fused-ring (bicyclic) bond motifs is 1. The molecule has 4 rings (SSSR count). The molecule has 0 saturated carbocycles. The largest absolute Gasteiger partial charge is 0.508 e. The van der Waals surface area contributed by atoms with Crippen LogP contribution in [0.3, 0.4) is 0 Å². The van der Waals surface area contributed by atoms with E-state index < -0.39 is 23.0 Å². The van der Waals surface area contributed by atoms with Crippen molar-refractivity contribution in [3.8, 4) is 5.75 Å². The molecule has 0 amide bonds. The van der Waals surface area contributed by atoms with Crippen LogP contribution in [0.4, 0.5) is 14.5 Å². The normalized spacial score (nSPS) is 10.8. The van der Waals surface area contributed by atoms with E-state index in [4.69, 9.17) is 9.90 Å². The van der Waals surface area contributed by atoms with Gasteiger partial charge >= 0.3 is 0 Å². The lowest BCUT2D eigenvalue weighted by atomic mass is 10.0. The first kappa shape index (κ1) is 27.2. The summed E-state index contributed by atoms with van der Waals surface area (Å²) in [5, 5.41) is 12.0. The average molecular weight is 458 g/mol. The van der Waals surface area contributed by atoms with Crippen molar-refractivity contribution >= 4 is 24.3 Å². The fourth-order valence-corrected chi connectivity index (χ4v) is 3.05. The molecule has 1 aliphatic heterocycles. The quantitative estimate of drug-likeness (QED) is 0.520. The maximum atomic E-state index is 14.2. The van der Waals surface area contributed by atoms with E-state index in [-0.39, 0.29) is 11.3 Å². The Morgan fingerprint density at radius 2 is 1.88 bits per heavy atom. The van der Waals surface area contributed by atoms with E-state index in [0.29, 0.717) is 29.4 Å². The number of aromatic nitrogens is 1. The topological polar surface area (TPSA) is 94.5 Å². The summed E-state index contributed by atoms with van der Waals surface area (Å²) in [6, 6.07) is 9.49. The molecule has 0 saturated heterocycles. The number of carbonyl (C=O) groups is 2. The molecule has 0 atom stereocenters. The minimum atomic E-state index is -0.884. The average Bonchev–Trinajstić information content (AvgIpc) is 3.26. The van der Waals surface area contributed by atoms with Gasteiger partial charge in [0.25, 0.3) is 0 Å². The van der Waals surface area contributed by atoms with Crippen molar-refractivity contribution in [2.24, 2.45) is 4.99 Å². The first-order valence-corrected chi connectivity index (χ1v) is 10.4. The second-order valence-corrected chi connectivity index (χ2v) is 6.54. The number of aromatic amines is 1. The Morgan fingerprint density at radius 3 is 2.45 bits per heavy atom. The molecule has 1 aliphatic rings. The van der Waals surface area contributed by atoms with E-state index >= 15 is 0 Å². The Morgan fingerprint density at radius 1 is 1.18 bits per heavy atom. The number of nitrogens with one attached hydrogen (secondary N) is 2. The molecule has 2 heterocycles. The molecule has 2 aromatic carbocycles. The molecule has 0 radical (unpaired) electrons. The fraction of sp³-hybridized carbons (Fsp3) is 0.240. The van der Waals surface area contributed by atoms with Crippen LogP contribution in [0.5, 0.6) is 5.75 Å². The lowest BCUT2D eigenvalue weighted by molar-refractivity contribution is -0.0980. The standard InChI is InChI=1S/C15H13F2N3O.C7H8O.C2H6.CH2O/c1-18-11-5-4-10(16)12(13(11)17)14(21)9-7-20-15-8(9)3-2-6-19-15;1-6-3-2-4-7(8)5-6;2*1-2/h3-5,7,18H,2,6H2,1H3,(H,19,20);2-5,8H,1H3;1-2H3;1H2. The van der Waals surface area contributed by atoms with Gasteiger partial charge in [0, 0.05) is 30.6 Å². The summed E-state index contributed by atoms with van der Waals surface area (Å²) >= 11 is 0. The van der Waals surface area contributed by atoms with E-state index in [9.17, 15) is 13.6 Å². The van der Waals surface area contributed by atoms with E-state index in [0.717, 1.165) is 11.6 Å². The van der Waals surface area contributed by atoms with Crippen LogP contribution in [-0.4, -0.2) is 36.3 Å². The highest BCUT2D eigenvalue weighted by Crippen LogP contribution is 2.22. The highest BCUT2D eigenvalue weighted by atomic mass is 19.1. The number of rotatable bonds is 3. The van der Waals surface area contributed by atoms with Crippen molar-refractivity contribution in [3.05, 3.63) is 81.6 Å². The maximum Gasteiger partial charge on any atom is 0.201 e. The van der Waals surface area contributed by atoms with Crippen LogP contribution in [-0.2, 0) is 4.79 Å². The highest BCUT2D eigenvalue weighted by Gasteiger charge is 2.23. The Labute approximate surface area is 191 Å². The number of aromatic hydroxyl groups is 1. The molecular formula is C25H29F2N3O3. The van der Waals surface area contributed by atoms with Crippen molar-refractivity contribution in [1.29, 1.82) is 0 Å². The number of aryl methyl sites for hydroxylation is 1. The molecule has 6 nitrogen and oxygen atoms in total. The minimum Gasteiger partial charge on any atom is -0.508 e. The molecule has 0 bridgehead atoms. The summed E-state index contributed by atoms with van der Waals surface area (Å²) in [5.41, 5.74) is 1.43. The molecule has 3 N–H and O–H groups in total. The summed E-state index contributed by atoms with van der Waals surface area (Å²) in [6.07, 6.45) is 4.00. The number of nitrogens with zero attached hydrogens (tertiary/aromatic N) is 1.